The first-order valence-corrected chi connectivity index (χ1v) is 8.87. The van der Waals surface area contributed by atoms with Crippen LogP contribution in [0, 0.1) is 10.1 Å². The van der Waals surface area contributed by atoms with E-state index in [1.54, 1.807) is 13.0 Å². The van der Waals surface area contributed by atoms with Gasteiger partial charge in [0.2, 0.25) is 5.95 Å². The van der Waals surface area contributed by atoms with E-state index in [2.05, 4.69) is 20.5 Å². The number of hydrogen-bond acceptors (Lipinski definition) is 8. The number of nitro groups is 1. The molecule has 0 bridgehead atoms. The van der Waals surface area contributed by atoms with Gasteiger partial charge in [-0.2, -0.15) is 10.1 Å². The second-order valence-corrected chi connectivity index (χ2v) is 6.61. The number of H-pyrrole nitrogens is 1. The molecule has 0 unspecified atom stereocenters. The minimum atomic E-state index is -0.635. The molecule has 0 saturated carbocycles. The van der Waals surface area contributed by atoms with E-state index in [-0.39, 0.29) is 35.3 Å². The Morgan fingerprint density at radius 2 is 2.23 bits per heavy atom. The number of aromatic nitrogens is 4. The lowest BCUT2D eigenvalue weighted by atomic mass is 10.4. The first-order chi connectivity index (χ1) is 14.3. The third kappa shape index (κ3) is 4.38. The Hall–Kier alpha value is -3.93. The van der Waals surface area contributed by atoms with Crippen LogP contribution < -0.4 is 16.7 Å². The maximum atomic E-state index is 12.3. The highest BCUT2D eigenvalue weighted by atomic mass is 35.5. The van der Waals surface area contributed by atoms with Crippen LogP contribution in [-0.4, -0.2) is 30.2 Å². The maximum Gasteiger partial charge on any atom is 0.433 e. The van der Waals surface area contributed by atoms with E-state index in [0.29, 0.717) is 5.03 Å². The number of aryl methyl sites for hydroxylation is 1. The molecule has 0 amide bonds. The number of halogens is 1. The van der Waals surface area contributed by atoms with Gasteiger partial charge in [0, 0.05) is 24.8 Å². The van der Waals surface area contributed by atoms with E-state index in [1.807, 2.05) is 0 Å². The minimum Gasteiger partial charge on any atom is -0.401 e. The van der Waals surface area contributed by atoms with Crippen LogP contribution in [0.4, 0.5) is 11.8 Å². The van der Waals surface area contributed by atoms with Crippen LogP contribution in [0.25, 0.3) is 17.2 Å². The largest absolute Gasteiger partial charge is 0.433 e. The standard InChI is InChI=1S/C17H16ClN7O5/c1-10(18)7-9-24-13-14(23(2)17(27)21-15(13)26)20-16(24)22-19-8-3-4-11-5-6-12(30-11)25(28)29/h3-8H,9H2,1-2H3,(H,20,22)(H,21,26,27)/b4-3+,10-7+,19-8-. The molecule has 0 spiro atoms. The summed E-state index contributed by atoms with van der Waals surface area (Å²) in [6.07, 6.45) is 6.01. The zero-order valence-electron chi connectivity index (χ0n) is 15.8. The number of hydrogen-bond donors (Lipinski definition) is 2. The summed E-state index contributed by atoms with van der Waals surface area (Å²) < 4.78 is 7.72. The monoisotopic (exact) mass is 433 g/mol. The van der Waals surface area contributed by atoms with Crippen molar-refractivity contribution in [3.63, 3.8) is 0 Å². The highest BCUT2D eigenvalue weighted by Gasteiger charge is 2.16. The number of fused-ring (bicyclic) bond motifs is 1. The van der Waals surface area contributed by atoms with Crippen LogP contribution in [0.3, 0.4) is 0 Å². The third-order valence-electron chi connectivity index (χ3n) is 3.94. The van der Waals surface area contributed by atoms with Gasteiger partial charge in [-0.15, -0.1) is 0 Å². The molecule has 13 heteroatoms. The Bertz CT molecular complexity index is 1300. The molecule has 3 aromatic heterocycles. The summed E-state index contributed by atoms with van der Waals surface area (Å²) in [7, 11) is 1.49. The van der Waals surface area contributed by atoms with Gasteiger partial charge in [0.05, 0.1) is 6.07 Å². The molecule has 3 aromatic rings. The molecule has 0 aliphatic rings. The van der Waals surface area contributed by atoms with Gasteiger partial charge in [0.15, 0.2) is 11.2 Å². The Morgan fingerprint density at radius 3 is 2.90 bits per heavy atom. The first kappa shape index (κ1) is 20.8. The summed E-state index contributed by atoms with van der Waals surface area (Å²) in [6, 6.07) is 2.69. The number of furan rings is 1. The SMILES string of the molecule is C/C(Cl)=C\Cn1c(N/N=C\C=C\c2ccc([N+](=O)[O-])o2)nc2c1c(=O)[nH]c(=O)n2C. The number of nitrogens with zero attached hydrogens (tertiary/aromatic N) is 5. The van der Waals surface area contributed by atoms with Crippen molar-refractivity contribution in [1.29, 1.82) is 0 Å². The summed E-state index contributed by atoms with van der Waals surface area (Å²) in [4.78, 5) is 40.6. The van der Waals surface area contributed by atoms with E-state index in [1.165, 1.54) is 46.7 Å². The van der Waals surface area contributed by atoms with E-state index < -0.39 is 16.2 Å². The minimum absolute atomic E-state index is 0.181. The molecule has 2 N–H and O–H groups in total. The van der Waals surface area contributed by atoms with Crippen molar-refractivity contribution in [2.75, 3.05) is 5.43 Å². The molecular weight excluding hydrogens is 418 g/mol. The second-order valence-electron chi connectivity index (χ2n) is 6.01. The van der Waals surface area contributed by atoms with Gasteiger partial charge in [0.25, 0.3) is 5.56 Å². The molecule has 0 atom stereocenters. The molecule has 0 radical (unpaired) electrons. The van der Waals surface area contributed by atoms with Gasteiger partial charge >= 0.3 is 11.6 Å². The average Bonchev–Trinajstić information content (AvgIpc) is 3.29. The molecule has 3 heterocycles. The second kappa shape index (κ2) is 8.61. The Kier molecular flexibility index (Phi) is 5.97. The lowest BCUT2D eigenvalue weighted by molar-refractivity contribution is -0.402. The molecule has 0 aliphatic carbocycles. The Morgan fingerprint density at radius 1 is 1.47 bits per heavy atom. The highest BCUT2D eigenvalue weighted by molar-refractivity contribution is 6.29. The molecule has 0 saturated heterocycles. The maximum absolute atomic E-state index is 12.3. The van der Waals surface area contributed by atoms with Gasteiger partial charge in [-0.1, -0.05) is 17.7 Å². The number of allylic oxidation sites excluding steroid dienone is 3. The number of rotatable bonds is 7. The van der Waals surface area contributed by atoms with Crippen molar-refractivity contribution in [3.05, 3.63) is 66.0 Å². The summed E-state index contributed by atoms with van der Waals surface area (Å²) in [5.41, 5.74) is 1.89. The predicted molar refractivity (Wildman–Crippen MR) is 112 cm³/mol. The van der Waals surface area contributed by atoms with E-state index >= 15 is 0 Å². The smallest absolute Gasteiger partial charge is 0.401 e. The number of anilines is 1. The molecule has 0 fully saturated rings. The first-order valence-electron chi connectivity index (χ1n) is 8.49. The van der Waals surface area contributed by atoms with E-state index in [0.717, 1.165) is 0 Å². The molecule has 0 aromatic carbocycles. The van der Waals surface area contributed by atoms with Crippen LogP contribution in [0.1, 0.15) is 12.7 Å². The summed E-state index contributed by atoms with van der Waals surface area (Å²) >= 11 is 5.90. The summed E-state index contributed by atoms with van der Waals surface area (Å²) in [5.74, 6) is 0.130. The number of imidazole rings is 1. The van der Waals surface area contributed by atoms with Crippen molar-refractivity contribution in [3.8, 4) is 0 Å². The molecule has 30 heavy (non-hydrogen) atoms. The van der Waals surface area contributed by atoms with Crippen LogP contribution in [0.2, 0.25) is 0 Å². The van der Waals surface area contributed by atoms with Crippen LogP contribution >= 0.6 is 11.6 Å². The van der Waals surface area contributed by atoms with Crippen molar-refractivity contribution in [2.45, 2.75) is 13.5 Å². The normalized spacial score (nSPS) is 12.4. The fraction of sp³-hybridized carbons (Fsp3) is 0.176. The van der Waals surface area contributed by atoms with E-state index in [9.17, 15) is 19.7 Å². The van der Waals surface area contributed by atoms with Crippen molar-refractivity contribution < 1.29 is 9.34 Å². The van der Waals surface area contributed by atoms with Gasteiger partial charge in [-0.05, 0) is 25.1 Å². The average molecular weight is 434 g/mol. The Labute approximate surface area is 172 Å². The van der Waals surface area contributed by atoms with Gasteiger partial charge in [-0.3, -0.25) is 29.0 Å². The molecule has 12 nitrogen and oxygen atoms in total. The molecule has 0 aliphatic heterocycles. The fourth-order valence-corrected chi connectivity index (χ4v) is 2.59. The fourth-order valence-electron chi connectivity index (χ4n) is 2.52. The van der Waals surface area contributed by atoms with Gasteiger partial charge in [0.1, 0.15) is 10.7 Å². The van der Waals surface area contributed by atoms with Crippen LogP contribution in [0.15, 0.2) is 48.4 Å². The van der Waals surface area contributed by atoms with Crippen molar-refractivity contribution >= 4 is 46.9 Å². The Balaban J connectivity index is 1.88. The lowest BCUT2D eigenvalue weighted by Crippen LogP contribution is -2.29. The van der Waals surface area contributed by atoms with Gasteiger partial charge in [-0.25, -0.2) is 10.2 Å². The highest BCUT2D eigenvalue weighted by Crippen LogP contribution is 2.17. The van der Waals surface area contributed by atoms with Crippen molar-refractivity contribution in [1.82, 2.24) is 19.1 Å². The summed E-state index contributed by atoms with van der Waals surface area (Å²) in [6.45, 7) is 1.91. The number of hydrazone groups is 1. The van der Waals surface area contributed by atoms with Crippen molar-refractivity contribution in [2.24, 2.45) is 12.1 Å². The van der Waals surface area contributed by atoms with Crippen LogP contribution in [-0.2, 0) is 13.6 Å². The molecular formula is C17H16ClN7O5. The molecule has 3 rings (SSSR count). The lowest BCUT2D eigenvalue weighted by Gasteiger charge is -2.05. The predicted octanol–water partition coefficient (Wildman–Crippen LogP) is 2.18. The zero-order valence-corrected chi connectivity index (χ0v) is 16.6. The number of nitrogens with one attached hydrogen (secondary N) is 2. The zero-order chi connectivity index (χ0) is 21.8. The van der Waals surface area contributed by atoms with Gasteiger partial charge < -0.3 is 4.42 Å². The van der Waals surface area contributed by atoms with E-state index in [4.69, 9.17) is 16.0 Å². The molecule has 156 valence electrons. The summed E-state index contributed by atoms with van der Waals surface area (Å²) in [5, 5.41) is 15.1. The topological polar surface area (TPSA) is 153 Å². The quantitative estimate of drug-likeness (QED) is 0.329. The number of aromatic amines is 1. The third-order valence-corrected chi connectivity index (χ3v) is 4.09. The van der Waals surface area contributed by atoms with Crippen LogP contribution in [0.5, 0.6) is 0 Å².